The second kappa shape index (κ2) is 12.6. The molecule has 4 aromatic rings. The molecule has 0 radical (unpaired) electrons. The van der Waals surface area contributed by atoms with Gasteiger partial charge in [0, 0.05) is 41.8 Å². The molecule has 2 aliphatic rings. The average Bonchev–Trinajstić information content (AvgIpc) is 3.60. The van der Waals surface area contributed by atoms with E-state index >= 15 is 4.39 Å². The summed E-state index contributed by atoms with van der Waals surface area (Å²) in [6.45, 7) is 1.32. The fraction of sp³-hybridized carbons (Fsp3) is 0.219. The first-order chi connectivity index (χ1) is 22.2. The first-order valence-corrected chi connectivity index (χ1v) is 15.3. The number of nitrogens with zero attached hydrogens (tertiary/aromatic N) is 3. The molecule has 1 saturated heterocycles. The summed E-state index contributed by atoms with van der Waals surface area (Å²) in [5.41, 5.74) is -0.631. The smallest absolute Gasteiger partial charge is 0.352 e. The molecule has 2 aromatic heterocycles. The molecule has 2 N–H and O–H groups in total. The molecule has 236 valence electrons. The summed E-state index contributed by atoms with van der Waals surface area (Å²) in [6.07, 6.45) is 4.67. The van der Waals surface area contributed by atoms with E-state index in [1.807, 2.05) is 0 Å². The summed E-state index contributed by atoms with van der Waals surface area (Å²) in [7, 11) is 0. The van der Waals surface area contributed by atoms with E-state index in [1.165, 1.54) is 24.0 Å². The molecule has 12 nitrogen and oxygen atoms in total. The molecule has 1 fully saturated rings. The number of carboxylic acid groups (broad SMARTS) is 1. The molecule has 2 atom stereocenters. The van der Waals surface area contributed by atoms with Crippen LogP contribution in [0.15, 0.2) is 89.3 Å². The molecular formula is C32H27FN4O8S. The van der Waals surface area contributed by atoms with E-state index in [4.69, 9.17) is 9.47 Å². The van der Waals surface area contributed by atoms with Gasteiger partial charge >= 0.3 is 11.9 Å². The number of nitrogens with one attached hydrogen (secondary N) is 1. The number of aryl methyl sites for hydroxylation is 1. The highest BCUT2D eigenvalue weighted by Gasteiger charge is 2.54. The number of rotatable bonds is 10. The van der Waals surface area contributed by atoms with Gasteiger partial charge in [-0.3, -0.25) is 19.3 Å². The van der Waals surface area contributed by atoms with Crippen LogP contribution in [0.4, 0.5) is 4.39 Å². The molecule has 2 aromatic carbocycles. The van der Waals surface area contributed by atoms with E-state index in [1.54, 1.807) is 70.9 Å². The SMILES string of the molecule is CCn1cc(C(=O)OCC2=C(C(=O)O)N3C(=O)[C@@H](NC(=O)COc4ccccc4)[C@H]3SC2)c(=O)c2cc(F)c(-n3cccc3)cc21. The van der Waals surface area contributed by atoms with Crippen molar-refractivity contribution in [2.45, 2.75) is 24.9 Å². The third-order valence-electron chi connectivity index (χ3n) is 7.65. The molecule has 0 saturated carbocycles. The lowest BCUT2D eigenvalue weighted by molar-refractivity contribution is -0.151. The number of aromatic nitrogens is 2. The number of amides is 2. The van der Waals surface area contributed by atoms with Crippen molar-refractivity contribution in [2.75, 3.05) is 19.0 Å². The van der Waals surface area contributed by atoms with Gasteiger partial charge < -0.3 is 29.0 Å². The van der Waals surface area contributed by atoms with Gasteiger partial charge in [-0.05, 0) is 43.3 Å². The number of benzene rings is 2. The molecule has 2 aliphatic heterocycles. The normalized spacial score (nSPS) is 17.3. The number of carbonyl (C=O) groups is 4. The van der Waals surface area contributed by atoms with Crippen molar-refractivity contribution in [3.05, 3.63) is 106 Å². The van der Waals surface area contributed by atoms with Gasteiger partial charge in [0.15, 0.2) is 6.61 Å². The van der Waals surface area contributed by atoms with Crippen LogP contribution in [-0.4, -0.2) is 73.3 Å². The highest BCUT2D eigenvalue weighted by atomic mass is 32.2. The lowest BCUT2D eigenvalue weighted by Crippen LogP contribution is -2.71. The molecule has 0 spiro atoms. The molecule has 6 rings (SSSR count). The predicted octanol–water partition coefficient (Wildman–Crippen LogP) is 2.93. The highest BCUT2D eigenvalue weighted by molar-refractivity contribution is 8.00. The maximum absolute atomic E-state index is 15.0. The number of carboxylic acids is 1. The van der Waals surface area contributed by atoms with Gasteiger partial charge in [0.25, 0.3) is 11.8 Å². The van der Waals surface area contributed by atoms with Crippen LogP contribution in [0.25, 0.3) is 16.6 Å². The molecule has 14 heteroatoms. The van der Waals surface area contributed by atoms with Gasteiger partial charge in [-0.1, -0.05) is 18.2 Å². The number of ether oxygens (including phenoxy) is 2. The minimum Gasteiger partial charge on any atom is -0.484 e. The van der Waals surface area contributed by atoms with Gasteiger partial charge in [0.05, 0.1) is 11.2 Å². The Morgan fingerprint density at radius 3 is 2.52 bits per heavy atom. The minimum absolute atomic E-state index is 0.0142. The summed E-state index contributed by atoms with van der Waals surface area (Å²) >= 11 is 1.20. The van der Waals surface area contributed by atoms with E-state index in [-0.39, 0.29) is 40.3 Å². The van der Waals surface area contributed by atoms with E-state index in [0.29, 0.717) is 17.8 Å². The zero-order valence-electron chi connectivity index (χ0n) is 24.3. The average molecular weight is 647 g/mol. The van der Waals surface area contributed by atoms with E-state index in [9.17, 15) is 29.1 Å². The zero-order chi connectivity index (χ0) is 32.5. The summed E-state index contributed by atoms with van der Waals surface area (Å²) in [4.78, 5) is 65.1. The number of β-lactam (4-membered cyclic amide) rings is 1. The summed E-state index contributed by atoms with van der Waals surface area (Å²) in [5, 5.41) is 11.9. The summed E-state index contributed by atoms with van der Waals surface area (Å²) in [5.74, 6) is -3.70. The van der Waals surface area contributed by atoms with Gasteiger partial charge in [0.1, 0.15) is 40.8 Å². The van der Waals surface area contributed by atoms with Crippen LogP contribution in [-0.2, 0) is 25.7 Å². The molecule has 46 heavy (non-hydrogen) atoms. The standard InChI is InChI=1S/C32H27FN4O8S/c1-2-35-14-21(28(39)20-12-22(33)24(13-23(20)35)36-10-6-7-11-36)32(43)45-15-18-17-46-30-26(29(40)37(30)27(18)31(41)42)34-25(38)16-44-19-8-4-3-5-9-19/h3-14,26,30H,2,15-17H2,1H3,(H,34,38)(H,41,42)/t26-,30-/m1/s1. The molecule has 4 heterocycles. The van der Waals surface area contributed by atoms with E-state index in [2.05, 4.69) is 5.32 Å². The molecule has 0 unspecified atom stereocenters. The lowest BCUT2D eigenvalue weighted by atomic mass is 10.0. The number of fused-ring (bicyclic) bond motifs is 2. The number of pyridine rings is 1. The van der Waals surface area contributed by atoms with Gasteiger partial charge in [-0.15, -0.1) is 11.8 Å². The molecule has 0 aliphatic carbocycles. The van der Waals surface area contributed by atoms with Crippen molar-refractivity contribution in [1.29, 1.82) is 0 Å². The van der Waals surface area contributed by atoms with Crippen LogP contribution >= 0.6 is 11.8 Å². The van der Waals surface area contributed by atoms with Gasteiger partial charge in [-0.25, -0.2) is 14.0 Å². The Bertz CT molecular complexity index is 1960. The van der Waals surface area contributed by atoms with Crippen molar-refractivity contribution in [3.8, 4) is 11.4 Å². The number of carbonyl (C=O) groups excluding carboxylic acids is 3. The molecule has 2 amide bonds. The largest absolute Gasteiger partial charge is 0.484 e. The van der Waals surface area contributed by atoms with E-state index < -0.39 is 53.0 Å². The van der Waals surface area contributed by atoms with Crippen LogP contribution < -0.4 is 15.5 Å². The van der Waals surface area contributed by atoms with Gasteiger partial charge in [0.2, 0.25) is 5.43 Å². The van der Waals surface area contributed by atoms with E-state index in [0.717, 1.165) is 11.0 Å². The predicted molar refractivity (Wildman–Crippen MR) is 165 cm³/mol. The highest BCUT2D eigenvalue weighted by Crippen LogP contribution is 2.40. The minimum atomic E-state index is -1.41. The Balaban J connectivity index is 1.17. The Morgan fingerprint density at radius 2 is 1.83 bits per heavy atom. The maximum atomic E-state index is 15.0. The van der Waals surface area contributed by atoms with Crippen molar-refractivity contribution in [2.24, 2.45) is 0 Å². The fourth-order valence-electron chi connectivity index (χ4n) is 5.40. The topological polar surface area (TPSA) is 149 Å². The third-order valence-corrected chi connectivity index (χ3v) is 8.99. The van der Waals surface area contributed by atoms with Crippen LogP contribution in [0.1, 0.15) is 17.3 Å². The Hall–Kier alpha value is -5.37. The fourth-order valence-corrected chi connectivity index (χ4v) is 6.73. The van der Waals surface area contributed by atoms with Crippen molar-refractivity contribution in [3.63, 3.8) is 0 Å². The number of hydrogen-bond donors (Lipinski definition) is 2. The van der Waals surface area contributed by atoms with Crippen LogP contribution in [0.2, 0.25) is 0 Å². The van der Waals surface area contributed by atoms with Crippen LogP contribution in [0, 0.1) is 5.82 Å². The maximum Gasteiger partial charge on any atom is 0.352 e. The van der Waals surface area contributed by atoms with Crippen molar-refractivity contribution in [1.82, 2.24) is 19.4 Å². The zero-order valence-corrected chi connectivity index (χ0v) is 25.2. The second-order valence-electron chi connectivity index (χ2n) is 10.5. The molecule has 0 bridgehead atoms. The number of halogens is 1. The lowest BCUT2D eigenvalue weighted by Gasteiger charge is -2.49. The van der Waals surface area contributed by atoms with Crippen molar-refractivity contribution >= 4 is 46.4 Å². The summed E-state index contributed by atoms with van der Waals surface area (Å²) in [6, 6.07) is 13.8. The number of hydrogen-bond acceptors (Lipinski definition) is 8. The van der Waals surface area contributed by atoms with Crippen LogP contribution in [0.3, 0.4) is 0 Å². The van der Waals surface area contributed by atoms with Crippen LogP contribution in [0.5, 0.6) is 5.75 Å². The third kappa shape index (κ3) is 5.62. The number of aliphatic carboxylic acids is 1. The number of esters is 1. The first kappa shape index (κ1) is 30.6. The Labute approximate surface area is 265 Å². The quantitative estimate of drug-likeness (QED) is 0.196. The number of thioether (sulfide) groups is 1. The summed E-state index contributed by atoms with van der Waals surface area (Å²) < 4.78 is 29.0. The number of para-hydroxylation sites is 1. The monoisotopic (exact) mass is 646 g/mol. The Kier molecular flexibility index (Phi) is 8.37. The second-order valence-corrected chi connectivity index (χ2v) is 11.6. The van der Waals surface area contributed by atoms with Gasteiger partial charge in [-0.2, -0.15) is 0 Å². The molecular weight excluding hydrogens is 619 g/mol. The van der Waals surface area contributed by atoms with Crippen molar-refractivity contribution < 1.29 is 38.1 Å². The first-order valence-electron chi connectivity index (χ1n) is 14.2. The Morgan fingerprint density at radius 1 is 1.09 bits per heavy atom.